The van der Waals surface area contributed by atoms with Crippen molar-refractivity contribution in [3.63, 3.8) is 0 Å². The standard InChI is InChI=1S/C18H17N3O4S/c1-3-10-20-16-14(25-2)8-5-9-15(16)26-18(20)19-17(22)12-6-4-7-13(11-12)21(23)24/h4-9,11H,3,10H2,1-2H3. The number of para-hydroxylation sites is 1. The SMILES string of the molecule is CCCn1c(=NC(=O)c2cccc([N+](=O)[O-])c2)sc2cccc(OC)c21. The number of thiazole rings is 1. The number of nitro groups is 1. The molecule has 8 heteroatoms. The average Bonchev–Trinajstić information content (AvgIpc) is 2.99. The van der Waals surface area contributed by atoms with Gasteiger partial charge >= 0.3 is 0 Å². The number of nitrogens with zero attached hydrogens (tertiary/aromatic N) is 3. The Balaban J connectivity index is 2.15. The van der Waals surface area contributed by atoms with E-state index in [1.807, 2.05) is 29.7 Å². The van der Waals surface area contributed by atoms with Gasteiger partial charge in [-0.1, -0.05) is 30.4 Å². The molecule has 0 spiro atoms. The van der Waals surface area contributed by atoms with Crippen molar-refractivity contribution in [2.75, 3.05) is 7.11 Å². The van der Waals surface area contributed by atoms with Crippen molar-refractivity contribution >= 4 is 33.1 Å². The van der Waals surface area contributed by atoms with Crippen molar-refractivity contribution in [3.05, 3.63) is 62.9 Å². The molecule has 1 amide bonds. The topological polar surface area (TPSA) is 86.7 Å². The molecule has 0 bridgehead atoms. The number of hydrogen-bond donors (Lipinski definition) is 0. The molecule has 3 aromatic rings. The number of rotatable bonds is 5. The van der Waals surface area contributed by atoms with Gasteiger partial charge in [-0.25, -0.2) is 0 Å². The number of fused-ring (bicyclic) bond motifs is 1. The highest BCUT2D eigenvalue weighted by Crippen LogP contribution is 2.27. The summed E-state index contributed by atoms with van der Waals surface area (Å²) in [5, 5.41) is 10.9. The summed E-state index contributed by atoms with van der Waals surface area (Å²) >= 11 is 1.39. The Labute approximate surface area is 153 Å². The van der Waals surface area contributed by atoms with E-state index in [4.69, 9.17) is 4.74 Å². The molecule has 3 rings (SSSR count). The van der Waals surface area contributed by atoms with E-state index < -0.39 is 10.8 Å². The van der Waals surface area contributed by atoms with Crippen molar-refractivity contribution in [3.8, 4) is 5.75 Å². The smallest absolute Gasteiger partial charge is 0.279 e. The summed E-state index contributed by atoms with van der Waals surface area (Å²) in [5.74, 6) is 0.209. The fourth-order valence-corrected chi connectivity index (χ4v) is 3.75. The molecular weight excluding hydrogens is 354 g/mol. The number of aromatic nitrogens is 1. The number of aryl methyl sites for hydroxylation is 1. The summed E-state index contributed by atoms with van der Waals surface area (Å²) in [6, 6.07) is 11.3. The zero-order chi connectivity index (χ0) is 18.7. The van der Waals surface area contributed by atoms with Crippen LogP contribution in [0.25, 0.3) is 10.2 Å². The van der Waals surface area contributed by atoms with Crippen LogP contribution in [-0.4, -0.2) is 22.5 Å². The zero-order valence-corrected chi connectivity index (χ0v) is 15.2. The molecule has 7 nitrogen and oxygen atoms in total. The Hall–Kier alpha value is -3.00. The molecule has 0 aliphatic carbocycles. The molecule has 0 saturated carbocycles. The maximum Gasteiger partial charge on any atom is 0.279 e. The van der Waals surface area contributed by atoms with Crippen LogP contribution < -0.4 is 9.54 Å². The monoisotopic (exact) mass is 371 g/mol. The minimum absolute atomic E-state index is 0.134. The first-order valence-corrected chi connectivity index (χ1v) is 8.86. The number of benzene rings is 2. The van der Waals surface area contributed by atoms with Gasteiger partial charge < -0.3 is 9.30 Å². The summed E-state index contributed by atoms with van der Waals surface area (Å²) in [6.07, 6.45) is 0.863. The van der Waals surface area contributed by atoms with Gasteiger partial charge in [0.2, 0.25) is 0 Å². The number of ether oxygens (including phenoxy) is 1. The molecule has 0 N–H and O–H groups in total. The van der Waals surface area contributed by atoms with Gasteiger partial charge in [0.1, 0.15) is 11.3 Å². The Kier molecular flexibility index (Phi) is 5.13. The third-order valence-electron chi connectivity index (χ3n) is 3.83. The first-order chi connectivity index (χ1) is 12.5. The second-order valence-electron chi connectivity index (χ2n) is 5.57. The Morgan fingerprint density at radius 1 is 1.31 bits per heavy atom. The fraction of sp³-hybridized carbons (Fsp3) is 0.222. The minimum Gasteiger partial charge on any atom is -0.495 e. The van der Waals surface area contributed by atoms with Crippen LogP contribution in [0.15, 0.2) is 47.5 Å². The van der Waals surface area contributed by atoms with Crippen LogP contribution >= 0.6 is 11.3 Å². The molecule has 26 heavy (non-hydrogen) atoms. The quantitative estimate of drug-likeness (QED) is 0.504. The number of nitro benzene ring substituents is 1. The number of methoxy groups -OCH3 is 1. The number of hydrogen-bond acceptors (Lipinski definition) is 5. The van der Waals surface area contributed by atoms with E-state index >= 15 is 0 Å². The molecule has 0 fully saturated rings. The second kappa shape index (κ2) is 7.49. The van der Waals surface area contributed by atoms with Crippen molar-refractivity contribution in [2.24, 2.45) is 4.99 Å². The molecular formula is C18H17N3O4S. The van der Waals surface area contributed by atoms with Crippen LogP contribution in [0.3, 0.4) is 0 Å². The summed E-state index contributed by atoms with van der Waals surface area (Å²) in [4.78, 5) is 27.7. The molecule has 2 aromatic carbocycles. The van der Waals surface area contributed by atoms with Crippen molar-refractivity contribution in [2.45, 2.75) is 19.9 Å². The summed E-state index contributed by atoms with van der Waals surface area (Å²) in [7, 11) is 1.60. The van der Waals surface area contributed by atoms with E-state index in [1.54, 1.807) is 7.11 Å². The van der Waals surface area contributed by atoms with Gasteiger partial charge in [-0.05, 0) is 24.6 Å². The van der Waals surface area contributed by atoms with Gasteiger partial charge in [-0.2, -0.15) is 4.99 Å². The van der Waals surface area contributed by atoms with E-state index in [2.05, 4.69) is 4.99 Å². The lowest BCUT2D eigenvalue weighted by Gasteiger charge is -2.07. The lowest BCUT2D eigenvalue weighted by Crippen LogP contribution is -2.17. The van der Waals surface area contributed by atoms with Gasteiger partial charge in [0.25, 0.3) is 11.6 Å². The molecule has 1 aromatic heterocycles. The first kappa shape index (κ1) is 17.8. The number of non-ortho nitro benzene ring substituents is 1. The summed E-state index contributed by atoms with van der Waals surface area (Å²) < 4.78 is 8.36. The lowest BCUT2D eigenvalue weighted by molar-refractivity contribution is -0.384. The van der Waals surface area contributed by atoms with Crippen LogP contribution in [0.5, 0.6) is 5.75 Å². The molecule has 0 unspecified atom stereocenters. The second-order valence-corrected chi connectivity index (χ2v) is 6.58. The van der Waals surface area contributed by atoms with Gasteiger partial charge in [0, 0.05) is 24.2 Å². The van der Waals surface area contributed by atoms with E-state index in [1.165, 1.54) is 35.6 Å². The van der Waals surface area contributed by atoms with Gasteiger partial charge in [0.05, 0.1) is 16.7 Å². The average molecular weight is 371 g/mol. The Morgan fingerprint density at radius 2 is 2.08 bits per heavy atom. The highest BCUT2D eigenvalue weighted by atomic mass is 32.1. The first-order valence-electron chi connectivity index (χ1n) is 8.05. The van der Waals surface area contributed by atoms with E-state index in [9.17, 15) is 14.9 Å². The third kappa shape index (κ3) is 3.36. The van der Waals surface area contributed by atoms with Crippen LogP contribution in [0, 0.1) is 10.1 Å². The Bertz CT molecular complexity index is 1050. The maximum atomic E-state index is 12.5. The normalized spacial score (nSPS) is 11.7. The van der Waals surface area contributed by atoms with Crippen LogP contribution in [0.4, 0.5) is 5.69 Å². The highest BCUT2D eigenvalue weighted by molar-refractivity contribution is 7.16. The number of carbonyl (C=O) groups is 1. The van der Waals surface area contributed by atoms with Gasteiger partial charge in [-0.15, -0.1) is 0 Å². The fourth-order valence-electron chi connectivity index (χ4n) is 2.68. The number of amides is 1. The molecule has 0 aliphatic rings. The molecule has 0 saturated heterocycles. The summed E-state index contributed by atoms with van der Waals surface area (Å²) in [5.41, 5.74) is 0.949. The lowest BCUT2D eigenvalue weighted by atomic mass is 10.2. The predicted molar refractivity (Wildman–Crippen MR) is 99.6 cm³/mol. The van der Waals surface area contributed by atoms with E-state index in [0.717, 1.165) is 22.4 Å². The van der Waals surface area contributed by atoms with Crippen LogP contribution in [0.2, 0.25) is 0 Å². The van der Waals surface area contributed by atoms with Crippen molar-refractivity contribution < 1.29 is 14.5 Å². The predicted octanol–water partition coefficient (Wildman–Crippen LogP) is 3.77. The minimum atomic E-state index is -0.529. The van der Waals surface area contributed by atoms with Crippen molar-refractivity contribution in [1.29, 1.82) is 0 Å². The van der Waals surface area contributed by atoms with Gasteiger partial charge in [-0.3, -0.25) is 14.9 Å². The zero-order valence-electron chi connectivity index (χ0n) is 14.3. The van der Waals surface area contributed by atoms with Gasteiger partial charge in [0.15, 0.2) is 4.80 Å². The highest BCUT2D eigenvalue weighted by Gasteiger charge is 2.14. The molecule has 1 heterocycles. The number of carbonyl (C=O) groups excluding carboxylic acids is 1. The van der Waals surface area contributed by atoms with Crippen LogP contribution in [0.1, 0.15) is 23.7 Å². The van der Waals surface area contributed by atoms with E-state index in [0.29, 0.717) is 11.3 Å². The van der Waals surface area contributed by atoms with Crippen LogP contribution in [-0.2, 0) is 6.54 Å². The Morgan fingerprint density at radius 3 is 2.77 bits per heavy atom. The maximum absolute atomic E-state index is 12.5. The molecule has 0 aliphatic heterocycles. The largest absolute Gasteiger partial charge is 0.495 e. The molecule has 0 radical (unpaired) electrons. The van der Waals surface area contributed by atoms with Crippen molar-refractivity contribution in [1.82, 2.24) is 4.57 Å². The summed E-state index contributed by atoms with van der Waals surface area (Å²) in [6.45, 7) is 2.72. The molecule has 0 atom stereocenters. The third-order valence-corrected chi connectivity index (χ3v) is 4.88. The molecule has 134 valence electrons. The van der Waals surface area contributed by atoms with E-state index in [-0.39, 0.29) is 11.3 Å².